The molecule has 7 heteroatoms. The second kappa shape index (κ2) is 9.02. The molecule has 0 bridgehead atoms. The van der Waals surface area contributed by atoms with E-state index in [1.165, 1.54) is 9.80 Å². The normalized spacial score (nSPS) is 18.1. The lowest BCUT2D eigenvalue weighted by Crippen LogP contribution is -2.43. The molecule has 7 nitrogen and oxygen atoms in total. The monoisotopic (exact) mass is 445 g/mol. The van der Waals surface area contributed by atoms with E-state index in [0.29, 0.717) is 11.5 Å². The van der Waals surface area contributed by atoms with Crippen LogP contribution in [0.25, 0.3) is 11.3 Å². The lowest BCUT2D eigenvalue weighted by molar-refractivity contribution is -0.142. The molecule has 1 aliphatic rings. The summed E-state index contributed by atoms with van der Waals surface area (Å²) in [6, 6.07) is 18.9. The van der Waals surface area contributed by atoms with Gasteiger partial charge in [-0.15, -0.1) is 0 Å². The summed E-state index contributed by atoms with van der Waals surface area (Å²) >= 11 is 0. The summed E-state index contributed by atoms with van der Waals surface area (Å²) in [5, 5.41) is 4.09. The van der Waals surface area contributed by atoms with Gasteiger partial charge in [-0.05, 0) is 25.0 Å². The molecule has 170 valence electrons. The van der Waals surface area contributed by atoms with Gasteiger partial charge in [-0.25, -0.2) is 0 Å². The molecule has 1 saturated heterocycles. The number of amides is 3. The van der Waals surface area contributed by atoms with Crippen LogP contribution in [0.5, 0.6) is 0 Å². The Balaban J connectivity index is 1.57. The van der Waals surface area contributed by atoms with Crippen molar-refractivity contribution in [1.82, 2.24) is 15.0 Å². The maximum Gasteiger partial charge on any atom is 0.240 e. The molecule has 1 fully saturated rings. The van der Waals surface area contributed by atoms with Crippen LogP contribution in [0.3, 0.4) is 0 Å². The minimum Gasteiger partial charge on any atom is -0.356 e. The lowest BCUT2D eigenvalue weighted by Gasteiger charge is -2.30. The average molecular weight is 446 g/mol. The predicted molar refractivity (Wildman–Crippen MR) is 123 cm³/mol. The van der Waals surface area contributed by atoms with Crippen molar-refractivity contribution in [3.63, 3.8) is 0 Å². The molecule has 0 N–H and O–H groups in total. The Morgan fingerprint density at radius 2 is 1.82 bits per heavy atom. The van der Waals surface area contributed by atoms with Gasteiger partial charge in [0.1, 0.15) is 5.69 Å². The third kappa shape index (κ3) is 4.18. The van der Waals surface area contributed by atoms with E-state index in [-0.39, 0.29) is 43.7 Å². The first-order valence-corrected chi connectivity index (χ1v) is 11.0. The van der Waals surface area contributed by atoms with Crippen LogP contribution in [-0.2, 0) is 26.3 Å². The highest BCUT2D eigenvalue weighted by molar-refractivity contribution is 6.10. The van der Waals surface area contributed by atoms with Gasteiger partial charge in [0.2, 0.25) is 17.7 Å². The second-order valence-corrected chi connectivity index (χ2v) is 8.49. The predicted octanol–water partition coefficient (Wildman–Crippen LogP) is 3.72. The number of carbonyl (C=O) groups excluding carboxylic acids is 3. The Morgan fingerprint density at radius 1 is 1.12 bits per heavy atom. The molecular formula is C26H27N3O4. The van der Waals surface area contributed by atoms with Crippen molar-refractivity contribution in [3.05, 3.63) is 77.5 Å². The van der Waals surface area contributed by atoms with E-state index in [4.69, 9.17) is 4.52 Å². The Hall–Kier alpha value is -3.74. The van der Waals surface area contributed by atoms with Crippen LogP contribution < -0.4 is 0 Å². The van der Waals surface area contributed by atoms with Crippen molar-refractivity contribution in [3.8, 4) is 11.3 Å². The van der Waals surface area contributed by atoms with Crippen LogP contribution in [0, 0.1) is 6.92 Å². The van der Waals surface area contributed by atoms with E-state index in [0.717, 1.165) is 16.7 Å². The molecule has 0 unspecified atom stereocenters. The number of nitrogens with zero attached hydrogens (tertiary/aromatic N) is 3. The molecular weight excluding hydrogens is 418 g/mol. The van der Waals surface area contributed by atoms with E-state index < -0.39 is 5.41 Å². The van der Waals surface area contributed by atoms with Crippen molar-refractivity contribution in [2.24, 2.45) is 0 Å². The highest BCUT2D eigenvalue weighted by Crippen LogP contribution is 2.41. The summed E-state index contributed by atoms with van der Waals surface area (Å²) < 4.78 is 5.44. The Kier molecular flexibility index (Phi) is 6.14. The summed E-state index contributed by atoms with van der Waals surface area (Å²) in [5.41, 5.74) is 1.94. The standard InChI is InChI=1S/C26H27N3O4/c1-4-29-24(31)16-26(25(29)32,21-13-9-8-10-18(21)2)15-23(30)28(3)17-20-14-22(33-27-20)19-11-6-5-7-12-19/h5-14H,4,15-17H2,1-3H3/t26-/m0/s1. The number of benzene rings is 2. The summed E-state index contributed by atoms with van der Waals surface area (Å²) in [6.45, 7) is 4.19. The van der Waals surface area contributed by atoms with Crippen LogP contribution in [0.2, 0.25) is 0 Å². The number of rotatable bonds is 7. The van der Waals surface area contributed by atoms with E-state index >= 15 is 0 Å². The maximum atomic E-state index is 13.4. The Labute approximate surface area is 193 Å². The van der Waals surface area contributed by atoms with Gasteiger partial charge in [0.25, 0.3) is 0 Å². The largest absolute Gasteiger partial charge is 0.356 e. The van der Waals surface area contributed by atoms with Gasteiger partial charge in [0.05, 0.1) is 12.0 Å². The minimum atomic E-state index is -1.19. The summed E-state index contributed by atoms with van der Waals surface area (Å²) in [5.74, 6) is -0.163. The van der Waals surface area contributed by atoms with E-state index in [1.54, 1.807) is 20.0 Å². The molecule has 1 aromatic heterocycles. The highest BCUT2D eigenvalue weighted by atomic mass is 16.5. The zero-order chi connectivity index (χ0) is 23.6. The molecule has 4 rings (SSSR count). The van der Waals surface area contributed by atoms with Crippen LogP contribution in [0.4, 0.5) is 0 Å². The van der Waals surface area contributed by atoms with Gasteiger partial charge in [-0.2, -0.15) is 0 Å². The molecule has 0 saturated carbocycles. The number of hydrogen-bond donors (Lipinski definition) is 0. The fourth-order valence-electron chi connectivity index (χ4n) is 4.52. The second-order valence-electron chi connectivity index (χ2n) is 8.49. The average Bonchev–Trinajstić information content (AvgIpc) is 3.37. The van der Waals surface area contributed by atoms with E-state index in [1.807, 2.05) is 61.5 Å². The van der Waals surface area contributed by atoms with Crippen molar-refractivity contribution < 1.29 is 18.9 Å². The molecule has 1 aliphatic heterocycles. The molecule has 1 atom stereocenters. The molecule has 2 heterocycles. The zero-order valence-corrected chi connectivity index (χ0v) is 19.1. The van der Waals surface area contributed by atoms with Crippen LogP contribution in [0.15, 0.2) is 65.2 Å². The number of likely N-dealkylation sites (N-methyl/N-ethyl adjacent to an activating group) is 1. The Morgan fingerprint density at radius 3 is 2.48 bits per heavy atom. The van der Waals surface area contributed by atoms with E-state index in [9.17, 15) is 14.4 Å². The van der Waals surface area contributed by atoms with Gasteiger partial charge in [-0.1, -0.05) is 59.8 Å². The first-order chi connectivity index (χ1) is 15.9. The number of hydrogen-bond acceptors (Lipinski definition) is 5. The Bertz CT molecular complexity index is 1190. The molecule has 0 aliphatic carbocycles. The SMILES string of the molecule is CCN1C(=O)C[C@@](CC(=O)N(C)Cc2cc(-c3ccccc3)on2)(c2ccccc2C)C1=O. The molecule has 0 spiro atoms. The third-order valence-electron chi connectivity index (χ3n) is 6.28. The summed E-state index contributed by atoms with van der Waals surface area (Å²) in [4.78, 5) is 42.1. The topological polar surface area (TPSA) is 83.7 Å². The van der Waals surface area contributed by atoms with Crippen LogP contribution >= 0.6 is 0 Å². The fraction of sp³-hybridized carbons (Fsp3) is 0.308. The first kappa shape index (κ1) is 22.5. The summed E-state index contributed by atoms with van der Waals surface area (Å²) in [6.07, 6.45) is -0.0922. The van der Waals surface area contributed by atoms with Gasteiger partial charge >= 0.3 is 0 Å². The number of carbonyl (C=O) groups is 3. The molecule has 33 heavy (non-hydrogen) atoms. The molecule has 2 aromatic carbocycles. The fourth-order valence-corrected chi connectivity index (χ4v) is 4.52. The van der Waals surface area contributed by atoms with Crippen molar-refractivity contribution in [2.75, 3.05) is 13.6 Å². The van der Waals surface area contributed by atoms with Crippen molar-refractivity contribution in [2.45, 2.75) is 38.6 Å². The third-order valence-corrected chi connectivity index (χ3v) is 6.28. The highest BCUT2D eigenvalue weighted by Gasteiger charge is 2.54. The number of likely N-dealkylation sites (tertiary alicyclic amines) is 1. The summed E-state index contributed by atoms with van der Waals surface area (Å²) in [7, 11) is 1.67. The van der Waals surface area contributed by atoms with E-state index in [2.05, 4.69) is 5.16 Å². The quantitative estimate of drug-likeness (QED) is 0.518. The van der Waals surface area contributed by atoms with Crippen LogP contribution in [-0.4, -0.2) is 46.3 Å². The van der Waals surface area contributed by atoms with Gasteiger partial charge < -0.3 is 9.42 Å². The number of aromatic nitrogens is 1. The molecule has 0 radical (unpaired) electrons. The molecule has 3 aromatic rings. The van der Waals surface area contributed by atoms with Gasteiger partial charge in [-0.3, -0.25) is 19.3 Å². The van der Waals surface area contributed by atoms with Gasteiger partial charge in [0, 0.05) is 38.1 Å². The first-order valence-electron chi connectivity index (χ1n) is 11.0. The minimum absolute atomic E-state index is 0.00772. The number of aryl methyl sites for hydroxylation is 1. The van der Waals surface area contributed by atoms with Crippen molar-refractivity contribution in [1.29, 1.82) is 0 Å². The number of imide groups is 1. The van der Waals surface area contributed by atoms with Crippen LogP contribution in [0.1, 0.15) is 36.6 Å². The molecule has 3 amide bonds. The lowest BCUT2D eigenvalue weighted by atomic mass is 9.74. The smallest absolute Gasteiger partial charge is 0.240 e. The zero-order valence-electron chi connectivity index (χ0n) is 19.1. The maximum absolute atomic E-state index is 13.4. The van der Waals surface area contributed by atoms with Crippen molar-refractivity contribution >= 4 is 17.7 Å². The van der Waals surface area contributed by atoms with Gasteiger partial charge in [0.15, 0.2) is 5.76 Å².